The molecule has 1 atom stereocenters. The molecule has 0 saturated heterocycles. The summed E-state index contributed by atoms with van der Waals surface area (Å²) in [4.78, 5) is 45.1. The number of carbonyl (C=O) groups excluding carboxylic acids is 3. The van der Waals surface area contributed by atoms with E-state index >= 15 is 0 Å². The number of aliphatic hydroxyl groups is 1. The fourth-order valence-corrected chi connectivity index (χ4v) is 5.41. The van der Waals surface area contributed by atoms with Gasteiger partial charge in [0.25, 0.3) is 5.91 Å². The second-order valence-electron chi connectivity index (χ2n) is 7.87. The summed E-state index contributed by atoms with van der Waals surface area (Å²) in [5.41, 5.74) is 2.16. The van der Waals surface area contributed by atoms with Gasteiger partial charge in [-0.15, -0.1) is 11.3 Å². The number of aliphatic hydroxyl groups excluding tert-OH is 1. The lowest BCUT2D eigenvalue weighted by molar-refractivity contribution is -0.117. The Morgan fingerprint density at radius 3 is 2.45 bits per heavy atom. The standard InChI is InChI=1S/C24H22N2O5S2/c1-12(2)14-7-9-15(10-8-14)18-17(19(27)16-6-5-11-32-16)20(28)22(29)26(18)24-25-13(3)21(33-24)23(30)31-4/h5-12,18,28H,1-4H3. The number of aromatic nitrogens is 1. The minimum absolute atomic E-state index is 0.00721. The zero-order valence-corrected chi connectivity index (χ0v) is 20.1. The van der Waals surface area contributed by atoms with Gasteiger partial charge in [0.2, 0.25) is 5.78 Å². The van der Waals surface area contributed by atoms with Crippen LogP contribution in [0.5, 0.6) is 0 Å². The molecule has 3 heterocycles. The van der Waals surface area contributed by atoms with Crippen LogP contribution in [-0.2, 0) is 9.53 Å². The number of nitrogens with zero attached hydrogens (tertiary/aromatic N) is 2. The second-order valence-corrected chi connectivity index (χ2v) is 9.80. The number of anilines is 1. The van der Waals surface area contributed by atoms with Crippen molar-refractivity contribution in [2.45, 2.75) is 32.7 Å². The Morgan fingerprint density at radius 2 is 1.88 bits per heavy atom. The number of aryl methyl sites for hydroxylation is 1. The average molecular weight is 483 g/mol. The van der Waals surface area contributed by atoms with E-state index in [2.05, 4.69) is 18.8 Å². The van der Waals surface area contributed by atoms with E-state index in [0.717, 1.165) is 16.9 Å². The minimum Gasteiger partial charge on any atom is -0.503 e. The number of amides is 1. The van der Waals surface area contributed by atoms with Crippen molar-refractivity contribution in [1.82, 2.24) is 4.98 Å². The van der Waals surface area contributed by atoms with Crippen molar-refractivity contribution >= 4 is 45.5 Å². The van der Waals surface area contributed by atoms with Gasteiger partial charge in [-0.05, 0) is 35.4 Å². The summed E-state index contributed by atoms with van der Waals surface area (Å²) in [7, 11) is 1.27. The Bertz CT molecular complexity index is 1260. The first-order chi connectivity index (χ1) is 15.7. The van der Waals surface area contributed by atoms with Crippen molar-refractivity contribution in [2.75, 3.05) is 12.0 Å². The molecule has 0 aliphatic carbocycles. The molecule has 9 heteroatoms. The number of Topliss-reactive ketones (excluding diaryl/α,β-unsaturated/α-hetero) is 1. The van der Waals surface area contributed by atoms with E-state index in [1.165, 1.54) is 23.3 Å². The highest BCUT2D eigenvalue weighted by molar-refractivity contribution is 7.17. The third-order valence-electron chi connectivity index (χ3n) is 5.48. The molecule has 3 aromatic rings. The van der Waals surface area contributed by atoms with Crippen molar-refractivity contribution in [3.63, 3.8) is 0 Å². The van der Waals surface area contributed by atoms with E-state index in [4.69, 9.17) is 4.74 Å². The van der Waals surface area contributed by atoms with Gasteiger partial charge < -0.3 is 9.84 Å². The SMILES string of the molecule is COC(=O)c1sc(N2C(=O)C(O)=C(C(=O)c3cccs3)C2c2ccc(C(C)C)cc2)nc1C. The predicted octanol–water partition coefficient (Wildman–Crippen LogP) is 5.21. The van der Waals surface area contributed by atoms with Crippen molar-refractivity contribution in [1.29, 1.82) is 0 Å². The van der Waals surface area contributed by atoms with Gasteiger partial charge in [-0.1, -0.05) is 55.5 Å². The van der Waals surface area contributed by atoms with Crippen LogP contribution in [0.3, 0.4) is 0 Å². The number of carbonyl (C=O) groups is 3. The Kier molecular flexibility index (Phi) is 6.18. The summed E-state index contributed by atoms with van der Waals surface area (Å²) in [6.45, 7) is 5.79. The molecular weight excluding hydrogens is 460 g/mol. The maximum absolute atomic E-state index is 13.3. The molecule has 2 aromatic heterocycles. The summed E-state index contributed by atoms with van der Waals surface area (Å²) >= 11 is 2.22. The van der Waals surface area contributed by atoms with Gasteiger partial charge in [-0.3, -0.25) is 14.5 Å². The number of benzene rings is 1. The van der Waals surface area contributed by atoms with E-state index in [0.29, 0.717) is 22.1 Å². The van der Waals surface area contributed by atoms with Crippen LogP contribution in [-0.4, -0.2) is 34.9 Å². The number of rotatable bonds is 6. The third kappa shape index (κ3) is 3.98. The van der Waals surface area contributed by atoms with Gasteiger partial charge in [0, 0.05) is 0 Å². The smallest absolute Gasteiger partial charge is 0.350 e. The topological polar surface area (TPSA) is 96.8 Å². The van der Waals surface area contributed by atoms with Crippen LogP contribution in [0, 0.1) is 6.92 Å². The Morgan fingerprint density at radius 1 is 1.18 bits per heavy atom. The van der Waals surface area contributed by atoms with Crippen LogP contribution in [0.1, 0.15) is 62.0 Å². The molecule has 1 unspecified atom stereocenters. The number of ether oxygens (including phenoxy) is 1. The lowest BCUT2D eigenvalue weighted by atomic mass is 9.93. The van der Waals surface area contributed by atoms with Gasteiger partial charge in [-0.2, -0.15) is 0 Å². The van der Waals surface area contributed by atoms with Crippen LogP contribution in [0.15, 0.2) is 53.1 Å². The van der Waals surface area contributed by atoms with E-state index in [1.807, 2.05) is 24.3 Å². The molecule has 0 fully saturated rings. The molecule has 0 radical (unpaired) electrons. The van der Waals surface area contributed by atoms with Crippen molar-refractivity contribution in [3.05, 3.63) is 79.7 Å². The maximum atomic E-state index is 13.3. The summed E-state index contributed by atoms with van der Waals surface area (Å²) in [5.74, 6) is -2.02. The quantitative estimate of drug-likeness (QED) is 0.383. The maximum Gasteiger partial charge on any atom is 0.350 e. The van der Waals surface area contributed by atoms with Gasteiger partial charge in [-0.25, -0.2) is 9.78 Å². The van der Waals surface area contributed by atoms with Crippen molar-refractivity contribution in [2.24, 2.45) is 0 Å². The normalized spacial score (nSPS) is 16.1. The number of ketones is 1. The molecule has 1 N–H and O–H groups in total. The van der Waals surface area contributed by atoms with Gasteiger partial charge in [0.05, 0.1) is 29.3 Å². The Labute approximate surface area is 199 Å². The van der Waals surface area contributed by atoms with Gasteiger partial charge >= 0.3 is 5.97 Å². The number of hydrogen-bond acceptors (Lipinski definition) is 8. The minimum atomic E-state index is -0.885. The predicted molar refractivity (Wildman–Crippen MR) is 127 cm³/mol. The number of esters is 1. The van der Waals surface area contributed by atoms with E-state index in [1.54, 1.807) is 24.4 Å². The number of thiophene rings is 1. The lowest BCUT2D eigenvalue weighted by Gasteiger charge is -2.24. The van der Waals surface area contributed by atoms with E-state index in [9.17, 15) is 19.5 Å². The molecule has 0 bridgehead atoms. The van der Waals surface area contributed by atoms with Crippen LogP contribution in [0.25, 0.3) is 0 Å². The summed E-state index contributed by atoms with van der Waals surface area (Å²) in [6, 6.07) is 10.1. The molecule has 0 spiro atoms. The monoisotopic (exact) mass is 482 g/mol. The first-order valence-corrected chi connectivity index (χ1v) is 11.9. The molecule has 1 aliphatic heterocycles. The van der Waals surface area contributed by atoms with Crippen molar-refractivity contribution in [3.8, 4) is 0 Å². The number of methoxy groups -OCH3 is 1. The van der Waals surface area contributed by atoms with E-state index in [-0.39, 0.29) is 15.6 Å². The summed E-state index contributed by atoms with van der Waals surface area (Å²) in [5, 5.41) is 12.8. The highest BCUT2D eigenvalue weighted by Crippen LogP contribution is 2.44. The molecule has 7 nitrogen and oxygen atoms in total. The fraction of sp³-hybridized carbons (Fsp3) is 0.250. The fourth-order valence-electron chi connectivity index (χ4n) is 3.72. The van der Waals surface area contributed by atoms with Crippen LogP contribution in [0.2, 0.25) is 0 Å². The molecule has 1 aromatic carbocycles. The molecule has 1 amide bonds. The molecule has 33 heavy (non-hydrogen) atoms. The zero-order chi connectivity index (χ0) is 23.9. The number of hydrogen-bond donors (Lipinski definition) is 1. The number of thiazole rings is 1. The highest BCUT2D eigenvalue weighted by atomic mass is 32.1. The largest absolute Gasteiger partial charge is 0.503 e. The first-order valence-electron chi connectivity index (χ1n) is 10.2. The van der Waals surface area contributed by atoms with Crippen LogP contribution >= 0.6 is 22.7 Å². The zero-order valence-electron chi connectivity index (χ0n) is 18.5. The van der Waals surface area contributed by atoms with Gasteiger partial charge in [0.15, 0.2) is 10.9 Å². The average Bonchev–Trinajstić information content (AvgIpc) is 3.52. The third-order valence-corrected chi connectivity index (χ3v) is 7.48. The Hall–Kier alpha value is -3.30. The van der Waals surface area contributed by atoms with Crippen LogP contribution in [0.4, 0.5) is 5.13 Å². The highest BCUT2D eigenvalue weighted by Gasteiger charge is 2.46. The summed E-state index contributed by atoms with van der Waals surface area (Å²) < 4.78 is 4.81. The van der Waals surface area contributed by atoms with Gasteiger partial charge in [0.1, 0.15) is 4.88 Å². The molecular formula is C24H22N2O5S2. The summed E-state index contributed by atoms with van der Waals surface area (Å²) in [6.07, 6.45) is 0. The van der Waals surface area contributed by atoms with Crippen molar-refractivity contribution < 1.29 is 24.2 Å². The molecule has 4 rings (SSSR count). The van der Waals surface area contributed by atoms with E-state index < -0.39 is 29.5 Å². The molecule has 170 valence electrons. The second kappa shape index (κ2) is 8.92. The molecule has 1 aliphatic rings. The lowest BCUT2D eigenvalue weighted by Crippen LogP contribution is -2.31. The Balaban J connectivity index is 1.86. The van der Waals surface area contributed by atoms with Crippen LogP contribution < -0.4 is 4.90 Å². The first kappa shape index (κ1) is 22.9. The molecule has 0 saturated carbocycles.